The topological polar surface area (TPSA) is 62.2 Å². The molecule has 2 unspecified atom stereocenters. The van der Waals surface area contributed by atoms with Gasteiger partial charge in [-0.1, -0.05) is 0 Å². The fourth-order valence-electron chi connectivity index (χ4n) is 4.17. The van der Waals surface area contributed by atoms with Crippen LogP contribution >= 0.6 is 0 Å². The Hall–Kier alpha value is -2.57. The van der Waals surface area contributed by atoms with Gasteiger partial charge in [-0.05, 0) is 31.0 Å². The first-order valence-electron chi connectivity index (χ1n) is 9.16. The molecular formula is C19H20FN5O. The lowest BCUT2D eigenvalue weighted by atomic mass is 10.0. The molecule has 0 N–H and O–H groups in total. The van der Waals surface area contributed by atoms with Crippen LogP contribution < -0.4 is 4.90 Å². The van der Waals surface area contributed by atoms with Crippen LogP contribution in [0.5, 0.6) is 0 Å². The largest absolute Gasteiger partial charge is 0.354 e. The van der Waals surface area contributed by atoms with E-state index in [1.165, 1.54) is 25.1 Å². The molecule has 134 valence electrons. The summed E-state index contributed by atoms with van der Waals surface area (Å²) in [6.45, 7) is 3.06. The highest BCUT2D eigenvalue weighted by Crippen LogP contribution is 2.39. The van der Waals surface area contributed by atoms with E-state index in [4.69, 9.17) is 0 Å². The fraction of sp³-hybridized carbons (Fsp3) is 0.474. The summed E-state index contributed by atoms with van der Waals surface area (Å²) >= 11 is 0. The number of hydrogen-bond donors (Lipinski definition) is 0. The summed E-state index contributed by atoms with van der Waals surface area (Å²) in [6.07, 6.45) is 5.00. The highest BCUT2D eigenvalue weighted by atomic mass is 19.1. The average molecular weight is 353 g/mol. The Morgan fingerprint density at radius 1 is 1.04 bits per heavy atom. The molecule has 2 aliphatic heterocycles. The minimum Gasteiger partial charge on any atom is -0.354 e. The van der Waals surface area contributed by atoms with E-state index in [1.807, 2.05) is 0 Å². The summed E-state index contributed by atoms with van der Waals surface area (Å²) in [5, 5.41) is 8.77. The SMILES string of the molecule is O=C(c1ccncc1F)N1CC2CN(c3ccc(C4CC4)nn3)CC2C1. The molecule has 2 aromatic heterocycles. The number of likely N-dealkylation sites (tertiary alicyclic amines) is 1. The third-order valence-electron chi connectivity index (χ3n) is 5.77. The molecule has 0 aromatic carbocycles. The van der Waals surface area contributed by atoms with Crippen LogP contribution in [0.25, 0.3) is 0 Å². The molecule has 0 spiro atoms. The molecule has 0 bridgehead atoms. The lowest BCUT2D eigenvalue weighted by molar-refractivity contribution is 0.0777. The van der Waals surface area contributed by atoms with Gasteiger partial charge in [-0.15, -0.1) is 5.10 Å². The highest BCUT2D eigenvalue weighted by molar-refractivity contribution is 5.94. The highest BCUT2D eigenvalue weighted by Gasteiger charge is 2.42. The Bertz CT molecular complexity index is 824. The van der Waals surface area contributed by atoms with E-state index in [0.29, 0.717) is 30.8 Å². The lowest BCUT2D eigenvalue weighted by Gasteiger charge is -2.22. The van der Waals surface area contributed by atoms with Crippen molar-refractivity contribution in [1.82, 2.24) is 20.1 Å². The normalized spacial score (nSPS) is 24.8. The second kappa shape index (κ2) is 6.00. The zero-order valence-electron chi connectivity index (χ0n) is 14.4. The summed E-state index contributed by atoms with van der Waals surface area (Å²) in [5.74, 6) is 1.54. The van der Waals surface area contributed by atoms with E-state index in [0.717, 1.165) is 30.8 Å². The molecular weight excluding hydrogens is 333 g/mol. The van der Waals surface area contributed by atoms with Gasteiger partial charge in [-0.3, -0.25) is 9.78 Å². The van der Waals surface area contributed by atoms with Gasteiger partial charge < -0.3 is 9.80 Å². The van der Waals surface area contributed by atoms with E-state index in [2.05, 4.69) is 32.2 Å². The third kappa shape index (κ3) is 2.71. The van der Waals surface area contributed by atoms with Crippen molar-refractivity contribution in [3.8, 4) is 0 Å². The van der Waals surface area contributed by atoms with Crippen molar-refractivity contribution in [2.24, 2.45) is 11.8 Å². The van der Waals surface area contributed by atoms with E-state index in [9.17, 15) is 9.18 Å². The molecule has 6 nitrogen and oxygen atoms in total. The summed E-state index contributed by atoms with van der Waals surface area (Å²) in [5.41, 5.74) is 1.21. The number of carbonyl (C=O) groups excluding carboxylic acids is 1. The minimum absolute atomic E-state index is 0.110. The van der Waals surface area contributed by atoms with Crippen molar-refractivity contribution in [2.45, 2.75) is 18.8 Å². The third-order valence-corrected chi connectivity index (χ3v) is 5.77. The number of anilines is 1. The smallest absolute Gasteiger partial charge is 0.256 e. The molecule has 1 aliphatic carbocycles. The molecule has 7 heteroatoms. The molecule has 2 atom stereocenters. The number of carbonyl (C=O) groups is 1. The molecule has 3 aliphatic rings. The second-order valence-corrected chi connectivity index (χ2v) is 7.58. The van der Waals surface area contributed by atoms with E-state index in [1.54, 1.807) is 4.90 Å². The molecule has 0 radical (unpaired) electrons. The number of halogens is 1. The summed E-state index contributed by atoms with van der Waals surface area (Å²) in [7, 11) is 0. The molecule has 1 saturated carbocycles. The van der Waals surface area contributed by atoms with E-state index in [-0.39, 0.29) is 11.5 Å². The Morgan fingerprint density at radius 2 is 1.81 bits per heavy atom. The number of pyridine rings is 1. The van der Waals surface area contributed by atoms with Gasteiger partial charge in [-0.25, -0.2) is 4.39 Å². The molecule has 4 heterocycles. The standard InChI is InChI=1S/C19H20FN5O/c20-16-7-21-6-5-15(16)19(26)25-10-13-8-24(9-14(13)11-25)18-4-3-17(22-23-18)12-1-2-12/h3-7,12-14H,1-2,8-11H2. The first-order chi connectivity index (χ1) is 12.7. The van der Waals surface area contributed by atoms with Crippen LogP contribution in [0.4, 0.5) is 10.2 Å². The number of fused-ring (bicyclic) bond motifs is 1. The van der Waals surface area contributed by atoms with Crippen molar-refractivity contribution in [1.29, 1.82) is 0 Å². The van der Waals surface area contributed by atoms with Crippen molar-refractivity contribution >= 4 is 11.7 Å². The Balaban J connectivity index is 1.24. The zero-order chi connectivity index (χ0) is 17.7. The number of rotatable bonds is 3. The maximum Gasteiger partial charge on any atom is 0.256 e. The summed E-state index contributed by atoms with van der Waals surface area (Å²) in [4.78, 5) is 20.3. The number of nitrogens with zero attached hydrogens (tertiary/aromatic N) is 5. The van der Waals surface area contributed by atoms with Crippen LogP contribution in [0.15, 0.2) is 30.6 Å². The molecule has 2 saturated heterocycles. The van der Waals surface area contributed by atoms with Gasteiger partial charge in [0.25, 0.3) is 5.91 Å². The van der Waals surface area contributed by atoms with Crippen LogP contribution in [-0.2, 0) is 0 Å². The number of hydrogen-bond acceptors (Lipinski definition) is 5. The van der Waals surface area contributed by atoms with Crippen LogP contribution in [-0.4, -0.2) is 52.2 Å². The van der Waals surface area contributed by atoms with Gasteiger partial charge in [0, 0.05) is 50.1 Å². The zero-order valence-corrected chi connectivity index (χ0v) is 14.4. The predicted molar refractivity (Wildman–Crippen MR) is 93.3 cm³/mol. The number of aromatic nitrogens is 3. The van der Waals surface area contributed by atoms with Crippen molar-refractivity contribution in [2.75, 3.05) is 31.1 Å². The molecule has 2 aromatic rings. The van der Waals surface area contributed by atoms with Crippen LogP contribution in [0.3, 0.4) is 0 Å². The summed E-state index contributed by atoms with van der Waals surface area (Å²) in [6, 6.07) is 5.61. The van der Waals surface area contributed by atoms with Crippen molar-refractivity contribution in [3.63, 3.8) is 0 Å². The van der Waals surface area contributed by atoms with Gasteiger partial charge >= 0.3 is 0 Å². The van der Waals surface area contributed by atoms with Gasteiger partial charge in [0.2, 0.25) is 0 Å². The Morgan fingerprint density at radius 3 is 2.42 bits per heavy atom. The first-order valence-corrected chi connectivity index (χ1v) is 9.16. The average Bonchev–Trinajstić information content (AvgIpc) is 3.31. The molecule has 5 rings (SSSR count). The summed E-state index contributed by atoms with van der Waals surface area (Å²) < 4.78 is 13.8. The van der Waals surface area contributed by atoms with Crippen LogP contribution in [0.1, 0.15) is 34.8 Å². The van der Waals surface area contributed by atoms with Gasteiger partial charge in [-0.2, -0.15) is 5.10 Å². The number of amides is 1. The first kappa shape index (κ1) is 15.7. The quantitative estimate of drug-likeness (QED) is 0.846. The predicted octanol–water partition coefficient (Wildman–Crippen LogP) is 2.10. The van der Waals surface area contributed by atoms with E-state index < -0.39 is 5.82 Å². The molecule has 3 fully saturated rings. The van der Waals surface area contributed by atoms with Crippen molar-refractivity contribution in [3.05, 3.63) is 47.7 Å². The minimum atomic E-state index is -0.554. The molecule has 1 amide bonds. The maximum atomic E-state index is 13.8. The Labute approximate surface area is 151 Å². The van der Waals surface area contributed by atoms with Crippen molar-refractivity contribution < 1.29 is 9.18 Å². The fourth-order valence-corrected chi connectivity index (χ4v) is 4.17. The molecule has 26 heavy (non-hydrogen) atoms. The van der Waals surface area contributed by atoms with Gasteiger partial charge in [0.1, 0.15) is 0 Å². The maximum absolute atomic E-state index is 13.8. The monoisotopic (exact) mass is 353 g/mol. The van der Waals surface area contributed by atoms with E-state index >= 15 is 0 Å². The van der Waals surface area contributed by atoms with Crippen LogP contribution in [0.2, 0.25) is 0 Å². The Kier molecular flexibility index (Phi) is 3.62. The van der Waals surface area contributed by atoms with Crippen LogP contribution in [0, 0.1) is 17.7 Å². The lowest BCUT2D eigenvalue weighted by Crippen LogP contribution is -2.34. The second-order valence-electron chi connectivity index (χ2n) is 7.58. The van der Waals surface area contributed by atoms with Gasteiger partial charge in [0.15, 0.2) is 11.6 Å². The van der Waals surface area contributed by atoms with Gasteiger partial charge in [0.05, 0.1) is 17.5 Å².